The van der Waals surface area contributed by atoms with Crippen LogP contribution in [0.5, 0.6) is 0 Å². The number of ketones is 1. The zero-order valence-electron chi connectivity index (χ0n) is 9.98. The van der Waals surface area contributed by atoms with Crippen LogP contribution in [0.4, 0.5) is 0 Å². The molecule has 1 fully saturated rings. The monoisotopic (exact) mass is 294 g/mol. The highest BCUT2D eigenvalue weighted by Gasteiger charge is 2.39. The standard InChI is InChI=1S/C11H18O3S3/c1-15-11(16-7-4-8-17-11)10(13)5-2-3-6-14-9-12/h9H,2-8H2,1H3. The van der Waals surface area contributed by atoms with Crippen molar-refractivity contribution in [2.45, 2.75) is 29.1 Å². The fraction of sp³-hybridized carbons (Fsp3) is 0.818. The molecule has 17 heavy (non-hydrogen) atoms. The van der Waals surface area contributed by atoms with Crippen LogP contribution in [0.1, 0.15) is 25.7 Å². The van der Waals surface area contributed by atoms with Gasteiger partial charge in [0, 0.05) is 6.42 Å². The number of ether oxygens (including phenoxy) is 1. The number of Topliss-reactive ketones (excluding diaryl/α,β-unsaturated/α-hetero) is 1. The molecule has 6 heteroatoms. The lowest BCUT2D eigenvalue weighted by atomic mass is 10.2. The molecular formula is C11H18O3S3. The van der Waals surface area contributed by atoms with Crippen LogP contribution in [0.25, 0.3) is 0 Å². The average Bonchev–Trinajstić information content (AvgIpc) is 2.39. The molecule has 0 radical (unpaired) electrons. The van der Waals surface area contributed by atoms with Crippen LogP contribution < -0.4 is 0 Å². The van der Waals surface area contributed by atoms with Gasteiger partial charge in [0.05, 0.1) is 6.61 Å². The first-order chi connectivity index (χ1) is 8.25. The fourth-order valence-corrected chi connectivity index (χ4v) is 6.01. The van der Waals surface area contributed by atoms with Gasteiger partial charge >= 0.3 is 0 Å². The molecule has 0 aromatic carbocycles. The average molecular weight is 294 g/mol. The van der Waals surface area contributed by atoms with E-state index < -0.39 is 0 Å². The summed E-state index contributed by atoms with van der Waals surface area (Å²) in [6.07, 6.45) is 5.36. The molecular weight excluding hydrogens is 276 g/mol. The molecule has 3 nitrogen and oxygen atoms in total. The van der Waals surface area contributed by atoms with Gasteiger partial charge in [0.15, 0.2) is 9.19 Å². The van der Waals surface area contributed by atoms with Crippen molar-refractivity contribution in [3.05, 3.63) is 0 Å². The molecule has 1 heterocycles. The first-order valence-electron chi connectivity index (χ1n) is 5.67. The Morgan fingerprint density at radius 2 is 2.12 bits per heavy atom. The molecule has 0 atom stereocenters. The lowest BCUT2D eigenvalue weighted by molar-refractivity contribution is -0.128. The molecule has 0 saturated carbocycles. The largest absolute Gasteiger partial charge is 0.468 e. The first-order valence-corrected chi connectivity index (χ1v) is 8.86. The molecule has 0 N–H and O–H groups in total. The van der Waals surface area contributed by atoms with E-state index in [0.717, 1.165) is 24.3 Å². The normalized spacial score (nSPS) is 18.6. The molecule has 1 saturated heterocycles. The highest BCUT2D eigenvalue weighted by molar-refractivity contribution is 8.35. The van der Waals surface area contributed by atoms with Crippen molar-refractivity contribution in [1.82, 2.24) is 0 Å². The second-order valence-corrected chi connectivity index (χ2v) is 8.07. The van der Waals surface area contributed by atoms with Crippen molar-refractivity contribution in [2.24, 2.45) is 0 Å². The number of carbonyl (C=O) groups is 2. The van der Waals surface area contributed by atoms with Crippen LogP contribution in [0, 0.1) is 0 Å². The van der Waals surface area contributed by atoms with Crippen LogP contribution in [-0.4, -0.2) is 40.0 Å². The van der Waals surface area contributed by atoms with Gasteiger partial charge in [-0.3, -0.25) is 9.59 Å². The third kappa shape index (κ3) is 4.75. The van der Waals surface area contributed by atoms with E-state index in [1.54, 1.807) is 35.3 Å². The van der Waals surface area contributed by atoms with Crippen LogP contribution >= 0.6 is 35.3 Å². The van der Waals surface area contributed by atoms with E-state index in [1.807, 2.05) is 6.26 Å². The lowest BCUT2D eigenvalue weighted by Gasteiger charge is -2.32. The van der Waals surface area contributed by atoms with E-state index in [1.165, 1.54) is 6.42 Å². The van der Waals surface area contributed by atoms with Crippen molar-refractivity contribution < 1.29 is 14.3 Å². The Bertz CT molecular complexity index is 252. The van der Waals surface area contributed by atoms with Crippen LogP contribution in [0.15, 0.2) is 0 Å². The summed E-state index contributed by atoms with van der Waals surface area (Å²) in [5.74, 6) is 2.48. The third-order valence-corrected chi connectivity index (χ3v) is 7.85. The first kappa shape index (κ1) is 15.2. The van der Waals surface area contributed by atoms with Gasteiger partial charge in [0.25, 0.3) is 6.47 Å². The second-order valence-electron chi connectivity index (χ2n) is 3.66. The molecule has 1 rings (SSSR count). The summed E-state index contributed by atoms with van der Waals surface area (Å²) >= 11 is 5.21. The number of rotatable bonds is 8. The van der Waals surface area contributed by atoms with Gasteiger partial charge < -0.3 is 4.74 Å². The minimum atomic E-state index is -0.274. The van der Waals surface area contributed by atoms with Crippen molar-refractivity contribution in [3.63, 3.8) is 0 Å². The molecule has 0 aromatic heterocycles. The molecule has 0 aromatic rings. The highest BCUT2D eigenvalue weighted by Crippen LogP contribution is 2.50. The van der Waals surface area contributed by atoms with E-state index >= 15 is 0 Å². The number of unbranched alkanes of at least 4 members (excludes halogenated alkanes) is 1. The summed E-state index contributed by atoms with van der Waals surface area (Å²) in [7, 11) is 0. The number of hydrogen-bond donors (Lipinski definition) is 0. The molecule has 0 aliphatic carbocycles. The second kappa shape index (κ2) is 8.32. The van der Waals surface area contributed by atoms with Crippen molar-refractivity contribution in [1.29, 1.82) is 0 Å². The van der Waals surface area contributed by atoms with Crippen LogP contribution in [0.2, 0.25) is 0 Å². The van der Waals surface area contributed by atoms with Crippen molar-refractivity contribution in [3.8, 4) is 0 Å². The smallest absolute Gasteiger partial charge is 0.293 e. The maximum atomic E-state index is 12.2. The van der Waals surface area contributed by atoms with Gasteiger partial charge in [-0.2, -0.15) is 0 Å². The van der Waals surface area contributed by atoms with E-state index in [2.05, 4.69) is 4.74 Å². The van der Waals surface area contributed by atoms with Crippen molar-refractivity contribution >= 4 is 47.5 Å². The Balaban J connectivity index is 2.30. The lowest BCUT2D eigenvalue weighted by Crippen LogP contribution is -2.31. The van der Waals surface area contributed by atoms with Gasteiger partial charge in [-0.05, 0) is 37.0 Å². The quantitative estimate of drug-likeness (QED) is 0.506. The Hall–Kier alpha value is 0.190. The Morgan fingerprint density at radius 3 is 2.71 bits per heavy atom. The summed E-state index contributed by atoms with van der Waals surface area (Å²) in [6.45, 7) is 0.876. The number of carbonyl (C=O) groups excluding carboxylic acids is 2. The van der Waals surface area contributed by atoms with Gasteiger partial charge in [-0.15, -0.1) is 35.3 Å². The molecule has 1 aliphatic heterocycles. The molecule has 0 amide bonds. The molecule has 1 aliphatic rings. The maximum Gasteiger partial charge on any atom is 0.293 e. The predicted molar refractivity (Wildman–Crippen MR) is 76.7 cm³/mol. The minimum absolute atomic E-state index is 0.274. The van der Waals surface area contributed by atoms with E-state index in [-0.39, 0.29) is 3.41 Å². The number of hydrogen-bond acceptors (Lipinski definition) is 6. The van der Waals surface area contributed by atoms with Gasteiger partial charge in [-0.25, -0.2) is 0 Å². The molecule has 0 unspecified atom stereocenters. The van der Waals surface area contributed by atoms with Crippen molar-refractivity contribution in [2.75, 3.05) is 24.4 Å². The zero-order valence-corrected chi connectivity index (χ0v) is 12.4. The maximum absolute atomic E-state index is 12.2. The summed E-state index contributed by atoms with van der Waals surface area (Å²) in [5.41, 5.74) is 0. The zero-order chi connectivity index (χ0) is 12.6. The van der Waals surface area contributed by atoms with Gasteiger partial charge in [0.1, 0.15) is 0 Å². The molecule has 98 valence electrons. The Morgan fingerprint density at radius 1 is 1.41 bits per heavy atom. The topological polar surface area (TPSA) is 43.4 Å². The predicted octanol–water partition coefficient (Wildman–Crippen LogP) is 2.79. The fourth-order valence-electron chi connectivity index (χ4n) is 1.58. The van der Waals surface area contributed by atoms with Crippen LogP contribution in [0.3, 0.4) is 0 Å². The number of thioether (sulfide) groups is 3. The summed E-state index contributed by atoms with van der Waals surface area (Å²) in [6, 6.07) is 0. The Labute approximate surface area is 115 Å². The summed E-state index contributed by atoms with van der Waals surface area (Å²) < 4.78 is 4.33. The van der Waals surface area contributed by atoms with E-state index in [0.29, 0.717) is 25.3 Å². The Kier molecular flexibility index (Phi) is 7.46. The summed E-state index contributed by atoms with van der Waals surface area (Å²) in [5, 5.41) is 0. The van der Waals surface area contributed by atoms with E-state index in [4.69, 9.17) is 0 Å². The van der Waals surface area contributed by atoms with Crippen LogP contribution in [-0.2, 0) is 14.3 Å². The van der Waals surface area contributed by atoms with Gasteiger partial charge in [-0.1, -0.05) is 0 Å². The third-order valence-electron chi connectivity index (χ3n) is 2.47. The molecule has 0 bridgehead atoms. The highest BCUT2D eigenvalue weighted by atomic mass is 32.3. The molecule has 0 spiro atoms. The van der Waals surface area contributed by atoms with E-state index in [9.17, 15) is 9.59 Å². The van der Waals surface area contributed by atoms with Gasteiger partial charge in [0.2, 0.25) is 0 Å². The SMILES string of the molecule is CSC1(C(=O)CCCCOC=O)SCCCS1. The minimum Gasteiger partial charge on any atom is -0.468 e. The summed E-state index contributed by atoms with van der Waals surface area (Å²) in [4.78, 5) is 22.2.